The van der Waals surface area contributed by atoms with Crippen molar-refractivity contribution in [3.8, 4) is 0 Å². The highest BCUT2D eigenvalue weighted by Crippen LogP contribution is 2.13. The summed E-state index contributed by atoms with van der Waals surface area (Å²) in [7, 11) is 1.91. The van der Waals surface area contributed by atoms with E-state index in [1.165, 1.54) is 0 Å². The van der Waals surface area contributed by atoms with E-state index >= 15 is 0 Å². The molecule has 0 aromatic carbocycles. The van der Waals surface area contributed by atoms with E-state index in [1.54, 1.807) is 6.08 Å². The number of hydrogen-bond donors (Lipinski definition) is 0. The highest BCUT2D eigenvalue weighted by Gasteiger charge is 2.11. The predicted octanol–water partition coefficient (Wildman–Crippen LogP) is 3.59. The van der Waals surface area contributed by atoms with Gasteiger partial charge in [0.2, 0.25) is 0 Å². The smallest absolute Gasteiger partial charge is 0.183 e. The third kappa shape index (κ3) is 3.31. The minimum Gasteiger partial charge on any atom is -0.346 e. The molecule has 0 aliphatic heterocycles. The van der Waals surface area contributed by atoms with Gasteiger partial charge in [-0.15, -0.1) is 0 Å². The van der Waals surface area contributed by atoms with Gasteiger partial charge in [-0.3, -0.25) is 4.79 Å². The third-order valence-electron chi connectivity index (χ3n) is 2.74. The predicted molar refractivity (Wildman–Crippen MR) is 72.2 cm³/mol. The minimum absolute atomic E-state index is 0.131. The van der Waals surface area contributed by atoms with E-state index in [4.69, 9.17) is 0 Å². The van der Waals surface area contributed by atoms with Gasteiger partial charge in [0.1, 0.15) is 0 Å². The van der Waals surface area contributed by atoms with Crippen molar-refractivity contribution < 1.29 is 4.79 Å². The monoisotopic (exact) mass is 229 g/mol. The molecule has 0 saturated carbocycles. The molecule has 0 radical (unpaired) electrons. The molecule has 0 aliphatic rings. The Morgan fingerprint density at radius 1 is 1.47 bits per heavy atom. The summed E-state index contributed by atoms with van der Waals surface area (Å²) in [6.07, 6.45) is 7.86. The molecule has 0 fully saturated rings. The normalized spacial score (nSPS) is 12.1. The van der Waals surface area contributed by atoms with Gasteiger partial charge in [-0.25, -0.2) is 0 Å². The summed E-state index contributed by atoms with van der Waals surface area (Å²) in [6, 6.07) is 3.83. The van der Waals surface area contributed by atoms with E-state index in [2.05, 4.69) is 6.58 Å². The van der Waals surface area contributed by atoms with Crippen molar-refractivity contribution in [2.45, 2.75) is 20.3 Å². The number of aromatic nitrogens is 1. The molecule has 1 rings (SSSR count). The van der Waals surface area contributed by atoms with Gasteiger partial charge in [0.15, 0.2) is 5.78 Å². The second-order valence-electron chi connectivity index (χ2n) is 4.00. The Morgan fingerprint density at radius 3 is 2.65 bits per heavy atom. The zero-order valence-corrected chi connectivity index (χ0v) is 10.7. The first-order valence-electron chi connectivity index (χ1n) is 5.70. The number of carbonyl (C=O) groups is 1. The summed E-state index contributed by atoms with van der Waals surface area (Å²) in [5.41, 5.74) is 2.82. The third-order valence-corrected chi connectivity index (χ3v) is 2.74. The number of Topliss-reactive ketones (excluding diaryl/α,β-unsaturated/α-hetero) is 1. The largest absolute Gasteiger partial charge is 0.346 e. The maximum atomic E-state index is 12.1. The van der Waals surface area contributed by atoms with Gasteiger partial charge in [0.25, 0.3) is 0 Å². The molecule has 0 aliphatic carbocycles. The SMILES string of the molecule is C=C/C=C(\C=C/C)CC(=O)c1ccc(C)n1C. The van der Waals surface area contributed by atoms with E-state index < -0.39 is 0 Å². The first-order chi connectivity index (χ1) is 8.10. The van der Waals surface area contributed by atoms with Gasteiger partial charge in [-0.05, 0) is 31.6 Å². The molecule has 17 heavy (non-hydrogen) atoms. The molecular formula is C15H19NO. The molecule has 2 heteroatoms. The average Bonchev–Trinajstić information content (AvgIpc) is 2.60. The van der Waals surface area contributed by atoms with Crippen LogP contribution in [0.3, 0.4) is 0 Å². The molecule has 0 N–H and O–H groups in total. The molecule has 0 bridgehead atoms. The molecule has 0 amide bonds. The first-order valence-corrected chi connectivity index (χ1v) is 5.70. The Bertz CT molecular complexity index is 475. The van der Waals surface area contributed by atoms with Crippen LogP contribution in [0.1, 0.15) is 29.5 Å². The lowest BCUT2D eigenvalue weighted by molar-refractivity contribution is 0.0986. The highest BCUT2D eigenvalue weighted by atomic mass is 16.1. The number of nitrogens with zero attached hydrogens (tertiary/aromatic N) is 1. The lowest BCUT2D eigenvalue weighted by Crippen LogP contribution is -2.07. The van der Waals surface area contributed by atoms with Crippen molar-refractivity contribution in [2.75, 3.05) is 0 Å². The minimum atomic E-state index is 0.131. The van der Waals surface area contributed by atoms with E-state index in [9.17, 15) is 4.79 Å². The van der Waals surface area contributed by atoms with Crippen molar-refractivity contribution >= 4 is 5.78 Å². The van der Waals surface area contributed by atoms with E-state index in [0.29, 0.717) is 6.42 Å². The van der Waals surface area contributed by atoms with Crippen LogP contribution < -0.4 is 0 Å². The Morgan fingerprint density at radius 2 is 2.18 bits per heavy atom. The van der Waals surface area contributed by atoms with Crippen molar-refractivity contribution in [1.82, 2.24) is 4.57 Å². The van der Waals surface area contributed by atoms with Gasteiger partial charge in [0, 0.05) is 19.2 Å². The van der Waals surface area contributed by atoms with Crippen molar-refractivity contribution in [1.29, 1.82) is 0 Å². The van der Waals surface area contributed by atoms with Crippen molar-refractivity contribution in [3.05, 3.63) is 60.0 Å². The van der Waals surface area contributed by atoms with Crippen LogP contribution in [0.2, 0.25) is 0 Å². The van der Waals surface area contributed by atoms with Crippen LogP contribution in [-0.2, 0) is 7.05 Å². The van der Waals surface area contributed by atoms with Crippen LogP contribution in [0.25, 0.3) is 0 Å². The lowest BCUT2D eigenvalue weighted by atomic mass is 10.1. The quantitative estimate of drug-likeness (QED) is 0.558. The Hall–Kier alpha value is -1.83. The van der Waals surface area contributed by atoms with Gasteiger partial charge in [-0.1, -0.05) is 30.9 Å². The Kier molecular flexibility index (Phi) is 4.70. The fraction of sp³-hybridized carbons (Fsp3) is 0.267. The fourth-order valence-electron chi connectivity index (χ4n) is 1.71. The van der Waals surface area contributed by atoms with Crippen molar-refractivity contribution in [2.24, 2.45) is 7.05 Å². The number of ketones is 1. The summed E-state index contributed by atoms with van der Waals surface area (Å²) in [6.45, 7) is 7.59. The zero-order chi connectivity index (χ0) is 12.8. The van der Waals surface area contributed by atoms with Crippen LogP contribution in [0.5, 0.6) is 0 Å². The first kappa shape index (κ1) is 13.2. The molecule has 2 nitrogen and oxygen atoms in total. The maximum Gasteiger partial charge on any atom is 0.183 e. The van der Waals surface area contributed by atoms with Crippen LogP contribution in [-0.4, -0.2) is 10.4 Å². The van der Waals surface area contributed by atoms with E-state index in [1.807, 2.05) is 55.8 Å². The number of hydrogen-bond acceptors (Lipinski definition) is 1. The lowest BCUT2D eigenvalue weighted by Gasteiger charge is -2.05. The van der Waals surface area contributed by atoms with Crippen LogP contribution >= 0.6 is 0 Å². The Labute approximate surface area is 103 Å². The van der Waals surface area contributed by atoms with Gasteiger partial charge in [0.05, 0.1) is 5.69 Å². The molecule has 90 valence electrons. The van der Waals surface area contributed by atoms with Crippen LogP contribution in [0.4, 0.5) is 0 Å². The second-order valence-corrected chi connectivity index (χ2v) is 4.00. The van der Waals surface area contributed by atoms with Gasteiger partial charge >= 0.3 is 0 Å². The maximum absolute atomic E-state index is 12.1. The standard InChI is InChI=1S/C15H19NO/c1-5-7-13(8-6-2)11-15(17)14-10-9-12(3)16(14)4/h5-10H,1,11H2,2-4H3/b8-6-,13-7+. The summed E-state index contributed by atoms with van der Waals surface area (Å²) < 4.78 is 1.92. The number of carbonyl (C=O) groups excluding carboxylic acids is 1. The second kappa shape index (κ2) is 6.04. The molecular weight excluding hydrogens is 210 g/mol. The van der Waals surface area contributed by atoms with Crippen LogP contribution in [0, 0.1) is 6.92 Å². The average molecular weight is 229 g/mol. The number of rotatable bonds is 5. The molecule has 1 aromatic heterocycles. The molecule has 0 unspecified atom stereocenters. The van der Waals surface area contributed by atoms with Crippen molar-refractivity contribution in [3.63, 3.8) is 0 Å². The van der Waals surface area contributed by atoms with Gasteiger partial charge in [-0.2, -0.15) is 0 Å². The van der Waals surface area contributed by atoms with E-state index in [0.717, 1.165) is 17.0 Å². The highest BCUT2D eigenvalue weighted by molar-refractivity contribution is 5.96. The fourth-order valence-corrected chi connectivity index (χ4v) is 1.71. The summed E-state index contributed by atoms with van der Waals surface area (Å²) in [5.74, 6) is 0.131. The summed E-state index contributed by atoms with van der Waals surface area (Å²) in [5, 5.41) is 0. The number of aryl methyl sites for hydroxylation is 1. The Balaban J connectivity index is 2.88. The molecule has 1 heterocycles. The zero-order valence-electron chi connectivity index (χ0n) is 10.7. The summed E-state index contributed by atoms with van der Waals surface area (Å²) in [4.78, 5) is 12.1. The molecule has 0 spiro atoms. The van der Waals surface area contributed by atoms with Gasteiger partial charge < -0.3 is 4.57 Å². The molecule has 0 saturated heterocycles. The van der Waals surface area contributed by atoms with E-state index in [-0.39, 0.29) is 5.78 Å². The molecule has 1 aromatic rings. The topological polar surface area (TPSA) is 22.0 Å². The number of allylic oxidation sites excluding steroid dienone is 5. The van der Waals surface area contributed by atoms with Crippen LogP contribution in [0.15, 0.2) is 48.6 Å². The summed E-state index contributed by atoms with van der Waals surface area (Å²) >= 11 is 0. The molecule has 0 atom stereocenters.